The zero-order chi connectivity index (χ0) is 29.9. The minimum atomic E-state index is -0.878. The van der Waals surface area contributed by atoms with Gasteiger partial charge in [0, 0.05) is 56.4 Å². The second kappa shape index (κ2) is 12.9. The summed E-state index contributed by atoms with van der Waals surface area (Å²) in [5, 5.41) is 21.5. The highest BCUT2D eigenvalue weighted by Crippen LogP contribution is 2.51. The van der Waals surface area contributed by atoms with E-state index in [1.54, 1.807) is 6.07 Å². The molecule has 1 spiro atoms. The summed E-state index contributed by atoms with van der Waals surface area (Å²) in [7, 11) is 0. The van der Waals surface area contributed by atoms with Crippen LogP contribution in [0.5, 0.6) is 5.75 Å². The van der Waals surface area contributed by atoms with Gasteiger partial charge >= 0.3 is 0 Å². The second-order valence-electron chi connectivity index (χ2n) is 13.7. The lowest BCUT2D eigenvalue weighted by atomic mass is 9.72. The number of halogens is 1. The number of nitrogens with zero attached hydrogens (tertiary/aromatic N) is 1. The maximum absolute atomic E-state index is 13.9. The number of anilines is 1. The van der Waals surface area contributed by atoms with E-state index in [1.807, 2.05) is 6.07 Å². The number of carbonyl (C=O) groups excluding carboxylic acids is 1. The maximum atomic E-state index is 13.9. The first-order valence-corrected chi connectivity index (χ1v) is 15.5. The van der Waals surface area contributed by atoms with E-state index in [4.69, 9.17) is 14.5 Å². The Morgan fingerprint density at radius 3 is 2.62 bits per heavy atom. The van der Waals surface area contributed by atoms with Gasteiger partial charge < -0.3 is 30.5 Å². The van der Waals surface area contributed by atoms with Crippen LogP contribution in [0.4, 0.5) is 10.2 Å². The van der Waals surface area contributed by atoms with Crippen LogP contribution in [0.25, 0.3) is 0 Å². The number of aliphatic hydroxyl groups excluding tert-OH is 1. The quantitative estimate of drug-likeness (QED) is 0.318. The van der Waals surface area contributed by atoms with Gasteiger partial charge in [-0.25, -0.2) is 9.37 Å². The number of amides is 1. The van der Waals surface area contributed by atoms with Crippen molar-refractivity contribution in [2.75, 3.05) is 25.1 Å². The van der Waals surface area contributed by atoms with Gasteiger partial charge in [0.25, 0.3) is 0 Å². The van der Waals surface area contributed by atoms with Crippen LogP contribution in [0, 0.1) is 11.2 Å². The standard InChI is InChI=1S/C33H47FN4O4/c1-21(39)36-27(16-22-7-5-8-23(34)15-22)29(40)20-35-28-19-33(11-6-12-33)42-30-26(28)17-25(18-32(2,3)4)38-31(30)37-24-9-13-41-14-10-24/h5,7-8,15,17,24,27-29,35,40H,6,9-14,16,18-20H2,1-4H3,(H,36,39)(H,37,38)/t27-,28-,29+/m0/s1. The van der Waals surface area contributed by atoms with Crippen molar-refractivity contribution in [3.8, 4) is 5.75 Å². The Morgan fingerprint density at radius 1 is 1.21 bits per heavy atom. The fourth-order valence-electron chi connectivity index (χ4n) is 6.41. The number of nitrogens with one attached hydrogen (secondary N) is 3. The summed E-state index contributed by atoms with van der Waals surface area (Å²) in [6, 6.07) is 8.13. The molecule has 2 fully saturated rings. The second-order valence-corrected chi connectivity index (χ2v) is 13.7. The van der Waals surface area contributed by atoms with Crippen molar-refractivity contribution < 1.29 is 23.8 Å². The van der Waals surface area contributed by atoms with Crippen LogP contribution >= 0.6 is 0 Å². The molecule has 1 saturated heterocycles. The van der Waals surface area contributed by atoms with Crippen molar-refractivity contribution in [3.63, 3.8) is 0 Å². The molecule has 2 aromatic rings. The normalized spacial score (nSPS) is 21.5. The predicted octanol–water partition coefficient (Wildman–Crippen LogP) is 4.84. The Balaban J connectivity index is 1.40. The fourth-order valence-corrected chi connectivity index (χ4v) is 6.41. The van der Waals surface area contributed by atoms with Crippen molar-refractivity contribution in [3.05, 3.63) is 53.0 Å². The number of pyridine rings is 1. The smallest absolute Gasteiger partial charge is 0.217 e. The molecule has 9 heteroatoms. The van der Waals surface area contributed by atoms with Crippen LogP contribution in [0.2, 0.25) is 0 Å². The summed E-state index contributed by atoms with van der Waals surface area (Å²) in [4.78, 5) is 17.1. The highest BCUT2D eigenvalue weighted by molar-refractivity contribution is 5.73. The molecular weight excluding hydrogens is 535 g/mol. The summed E-state index contributed by atoms with van der Waals surface area (Å²) < 4.78 is 26.2. The van der Waals surface area contributed by atoms with Gasteiger partial charge in [0.1, 0.15) is 11.4 Å². The van der Waals surface area contributed by atoms with E-state index >= 15 is 0 Å². The monoisotopic (exact) mass is 582 g/mol. The molecule has 2 aliphatic heterocycles. The van der Waals surface area contributed by atoms with E-state index in [1.165, 1.54) is 19.1 Å². The third kappa shape index (κ3) is 7.79. The van der Waals surface area contributed by atoms with Crippen LogP contribution in [0.15, 0.2) is 30.3 Å². The van der Waals surface area contributed by atoms with Gasteiger partial charge in [-0.1, -0.05) is 32.9 Å². The first-order chi connectivity index (χ1) is 20.0. The zero-order valence-corrected chi connectivity index (χ0v) is 25.5. The summed E-state index contributed by atoms with van der Waals surface area (Å²) >= 11 is 0. The van der Waals surface area contributed by atoms with Crippen LogP contribution in [-0.2, 0) is 22.4 Å². The van der Waals surface area contributed by atoms with Gasteiger partial charge in [0.15, 0.2) is 11.6 Å². The third-order valence-electron chi connectivity index (χ3n) is 8.63. The number of aliphatic hydroxyl groups is 1. The van der Waals surface area contributed by atoms with Crippen molar-refractivity contribution in [2.24, 2.45) is 5.41 Å². The molecule has 4 N–H and O–H groups in total. The first-order valence-electron chi connectivity index (χ1n) is 15.5. The lowest BCUT2D eigenvalue weighted by Crippen LogP contribution is -2.52. The Labute approximate surface area is 249 Å². The Bertz CT molecular complexity index is 1240. The number of benzene rings is 1. The van der Waals surface area contributed by atoms with Gasteiger partial charge in [0.05, 0.1) is 12.1 Å². The lowest BCUT2D eigenvalue weighted by Gasteiger charge is -2.48. The Kier molecular flexibility index (Phi) is 9.40. The van der Waals surface area contributed by atoms with E-state index in [2.05, 4.69) is 42.8 Å². The molecule has 3 atom stereocenters. The van der Waals surface area contributed by atoms with Crippen molar-refractivity contribution in [2.45, 2.75) is 109 Å². The molecule has 1 amide bonds. The highest BCUT2D eigenvalue weighted by Gasteiger charge is 2.47. The number of ether oxygens (including phenoxy) is 2. The van der Waals surface area contributed by atoms with Crippen LogP contribution in [0.3, 0.4) is 0 Å². The zero-order valence-electron chi connectivity index (χ0n) is 25.5. The SMILES string of the molecule is CC(=O)N[C@@H](Cc1cccc(F)c1)[C@H](O)CN[C@H]1CC2(CCC2)Oc2c1cc(CC(C)(C)C)nc2NC1CCOCC1. The van der Waals surface area contributed by atoms with Crippen LogP contribution in [0.1, 0.15) is 89.1 Å². The van der Waals surface area contributed by atoms with Gasteiger partial charge in [0.2, 0.25) is 5.91 Å². The molecular formula is C33H47FN4O4. The molecule has 1 aromatic heterocycles. The first kappa shape index (κ1) is 30.7. The number of hydrogen-bond donors (Lipinski definition) is 4. The molecule has 0 bridgehead atoms. The number of hydrogen-bond acceptors (Lipinski definition) is 7. The van der Waals surface area contributed by atoms with Gasteiger partial charge in [-0.3, -0.25) is 4.79 Å². The van der Waals surface area contributed by atoms with E-state index in [0.717, 1.165) is 86.5 Å². The molecule has 3 aliphatic rings. The molecule has 1 saturated carbocycles. The number of aromatic nitrogens is 1. The Hall–Kier alpha value is -2.75. The number of fused-ring (bicyclic) bond motifs is 1. The molecule has 5 rings (SSSR count). The van der Waals surface area contributed by atoms with Gasteiger partial charge in [-0.15, -0.1) is 0 Å². The predicted molar refractivity (Wildman–Crippen MR) is 161 cm³/mol. The summed E-state index contributed by atoms with van der Waals surface area (Å²) in [6.07, 6.45) is 6.02. The van der Waals surface area contributed by atoms with E-state index in [9.17, 15) is 14.3 Å². The average molecular weight is 583 g/mol. The van der Waals surface area contributed by atoms with Crippen LogP contribution in [-0.4, -0.2) is 59.5 Å². The highest BCUT2D eigenvalue weighted by atomic mass is 19.1. The number of rotatable bonds is 10. The largest absolute Gasteiger partial charge is 0.483 e. The van der Waals surface area contributed by atoms with Gasteiger partial charge in [-0.2, -0.15) is 0 Å². The lowest BCUT2D eigenvalue weighted by molar-refractivity contribution is -0.120. The topological polar surface area (TPSA) is 105 Å². The van der Waals surface area contributed by atoms with E-state index in [-0.39, 0.29) is 41.4 Å². The van der Waals surface area contributed by atoms with E-state index in [0.29, 0.717) is 6.42 Å². The molecule has 230 valence electrons. The minimum Gasteiger partial charge on any atom is -0.483 e. The molecule has 0 unspecified atom stereocenters. The fraction of sp³-hybridized carbons (Fsp3) is 0.636. The van der Waals surface area contributed by atoms with Crippen LogP contribution < -0.4 is 20.7 Å². The minimum absolute atomic E-state index is 0.0483. The van der Waals surface area contributed by atoms with E-state index < -0.39 is 12.1 Å². The summed E-state index contributed by atoms with van der Waals surface area (Å²) in [5.74, 6) is 1.05. The van der Waals surface area contributed by atoms with Crippen molar-refractivity contribution in [1.29, 1.82) is 0 Å². The molecule has 42 heavy (non-hydrogen) atoms. The van der Waals surface area contributed by atoms with Crippen molar-refractivity contribution in [1.82, 2.24) is 15.6 Å². The number of carbonyl (C=O) groups is 1. The Morgan fingerprint density at radius 2 is 1.98 bits per heavy atom. The molecule has 1 aliphatic carbocycles. The molecule has 1 aromatic carbocycles. The van der Waals surface area contributed by atoms with Crippen molar-refractivity contribution >= 4 is 11.7 Å². The van der Waals surface area contributed by atoms with Gasteiger partial charge in [-0.05, 0) is 74.1 Å². The summed E-state index contributed by atoms with van der Waals surface area (Å²) in [6.45, 7) is 9.81. The molecule has 8 nitrogen and oxygen atoms in total. The average Bonchev–Trinajstić information content (AvgIpc) is 2.90. The third-order valence-corrected chi connectivity index (χ3v) is 8.63. The maximum Gasteiger partial charge on any atom is 0.217 e. The molecule has 3 heterocycles. The summed E-state index contributed by atoms with van der Waals surface area (Å²) in [5.41, 5.74) is 2.61. The molecule has 0 radical (unpaired) electrons.